The molecule has 0 aliphatic rings. The number of nitrogens with one attached hydrogen (secondary N) is 2. The van der Waals surface area contributed by atoms with Crippen LogP contribution in [0.1, 0.15) is 23.0 Å². The number of ether oxygens (including phenoxy) is 1. The summed E-state index contributed by atoms with van der Waals surface area (Å²) < 4.78 is 5.05. The van der Waals surface area contributed by atoms with Crippen molar-refractivity contribution in [1.29, 1.82) is 0 Å². The molecule has 0 spiro atoms. The van der Waals surface area contributed by atoms with Gasteiger partial charge < -0.3 is 10.1 Å². The van der Waals surface area contributed by atoms with Crippen LogP contribution in [0.25, 0.3) is 0 Å². The molecular formula is C14H17N5O2. The molecule has 0 aliphatic heterocycles. The van der Waals surface area contributed by atoms with E-state index in [1.54, 1.807) is 31.3 Å². The Balaban J connectivity index is 2.17. The van der Waals surface area contributed by atoms with Crippen molar-refractivity contribution >= 4 is 17.7 Å². The minimum absolute atomic E-state index is 0.207. The van der Waals surface area contributed by atoms with E-state index in [-0.39, 0.29) is 11.9 Å². The van der Waals surface area contributed by atoms with Crippen LogP contribution < -0.4 is 15.4 Å². The van der Waals surface area contributed by atoms with Gasteiger partial charge in [-0.15, -0.1) is 0 Å². The normalized spacial score (nSPS) is 10.0. The highest BCUT2D eigenvalue weighted by molar-refractivity contribution is 6.03. The predicted molar refractivity (Wildman–Crippen MR) is 79.7 cm³/mol. The Morgan fingerprint density at radius 3 is 2.86 bits per heavy atom. The third kappa shape index (κ3) is 3.88. The molecule has 2 aromatic heterocycles. The summed E-state index contributed by atoms with van der Waals surface area (Å²) in [5.41, 5.74) is 1.19. The molecule has 0 saturated carbocycles. The molecule has 7 nitrogen and oxygen atoms in total. The third-order valence-electron chi connectivity index (χ3n) is 2.65. The largest absolute Gasteiger partial charge is 0.481 e. The van der Waals surface area contributed by atoms with Crippen LogP contribution in [-0.2, 0) is 0 Å². The summed E-state index contributed by atoms with van der Waals surface area (Å²) in [6.07, 6.45) is 1.57. The number of aryl methyl sites for hydroxylation is 1. The molecule has 2 N–H and O–H groups in total. The molecule has 2 heterocycles. The van der Waals surface area contributed by atoms with Gasteiger partial charge in [-0.2, -0.15) is 4.98 Å². The maximum Gasteiger partial charge on any atom is 0.258 e. The first-order valence-corrected chi connectivity index (χ1v) is 6.53. The van der Waals surface area contributed by atoms with Crippen LogP contribution in [0, 0.1) is 6.92 Å². The quantitative estimate of drug-likeness (QED) is 0.872. The van der Waals surface area contributed by atoms with E-state index in [0.29, 0.717) is 23.0 Å². The van der Waals surface area contributed by atoms with Crippen LogP contribution in [0.15, 0.2) is 24.4 Å². The molecule has 0 unspecified atom stereocenters. The first-order valence-electron chi connectivity index (χ1n) is 6.53. The second-order valence-corrected chi connectivity index (χ2v) is 4.29. The lowest BCUT2D eigenvalue weighted by Crippen LogP contribution is -2.15. The summed E-state index contributed by atoms with van der Waals surface area (Å²) in [6, 6.07) is 4.99. The standard InChI is InChI=1S/C14H17N5O2/c1-4-15-11-8-10(5-6-16-11)13(20)19-14-17-9(2)7-12(18-14)21-3/h5-8H,4H2,1-3H3,(H,15,16)(H,17,18,19,20). The van der Waals surface area contributed by atoms with Crippen molar-refractivity contribution in [2.45, 2.75) is 13.8 Å². The molecule has 110 valence electrons. The number of rotatable bonds is 5. The number of nitrogens with zero attached hydrogens (tertiary/aromatic N) is 3. The average Bonchev–Trinajstić information content (AvgIpc) is 2.47. The SMILES string of the molecule is CCNc1cc(C(=O)Nc2nc(C)cc(OC)n2)ccn1. The van der Waals surface area contributed by atoms with Crippen molar-refractivity contribution in [2.75, 3.05) is 24.3 Å². The zero-order valence-corrected chi connectivity index (χ0v) is 12.2. The highest BCUT2D eigenvalue weighted by atomic mass is 16.5. The smallest absolute Gasteiger partial charge is 0.258 e. The first kappa shape index (κ1) is 14.7. The Labute approximate surface area is 122 Å². The van der Waals surface area contributed by atoms with Gasteiger partial charge in [0.15, 0.2) is 0 Å². The van der Waals surface area contributed by atoms with E-state index in [1.807, 2.05) is 6.92 Å². The molecule has 0 fully saturated rings. The van der Waals surface area contributed by atoms with Crippen molar-refractivity contribution in [3.05, 3.63) is 35.7 Å². The van der Waals surface area contributed by atoms with Crippen molar-refractivity contribution in [3.8, 4) is 5.88 Å². The molecular weight excluding hydrogens is 270 g/mol. The molecule has 0 aromatic carbocycles. The van der Waals surface area contributed by atoms with Crippen molar-refractivity contribution < 1.29 is 9.53 Å². The number of carbonyl (C=O) groups is 1. The van der Waals surface area contributed by atoms with Crippen LogP contribution >= 0.6 is 0 Å². The van der Waals surface area contributed by atoms with Gasteiger partial charge in [-0.05, 0) is 26.0 Å². The van der Waals surface area contributed by atoms with Crippen LogP contribution in [0.3, 0.4) is 0 Å². The fraction of sp³-hybridized carbons (Fsp3) is 0.286. The molecule has 0 atom stereocenters. The average molecular weight is 287 g/mol. The zero-order chi connectivity index (χ0) is 15.2. The molecule has 7 heteroatoms. The van der Waals surface area contributed by atoms with Gasteiger partial charge in [0.25, 0.3) is 5.91 Å². The number of carbonyl (C=O) groups excluding carboxylic acids is 1. The van der Waals surface area contributed by atoms with Gasteiger partial charge in [0.2, 0.25) is 11.8 Å². The Morgan fingerprint density at radius 2 is 2.14 bits per heavy atom. The Kier molecular flexibility index (Phi) is 4.65. The van der Waals surface area contributed by atoms with Gasteiger partial charge >= 0.3 is 0 Å². The number of amides is 1. The van der Waals surface area contributed by atoms with Gasteiger partial charge in [-0.1, -0.05) is 0 Å². The molecule has 2 aromatic rings. The summed E-state index contributed by atoms with van der Waals surface area (Å²) in [7, 11) is 1.51. The molecule has 1 amide bonds. The first-order chi connectivity index (χ1) is 10.1. The zero-order valence-electron chi connectivity index (χ0n) is 12.2. The van der Waals surface area contributed by atoms with Crippen LogP contribution in [0.4, 0.5) is 11.8 Å². The van der Waals surface area contributed by atoms with E-state index < -0.39 is 0 Å². The summed E-state index contributed by atoms with van der Waals surface area (Å²) in [5, 5.41) is 5.70. The molecule has 2 rings (SSSR count). The van der Waals surface area contributed by atoms with E-state index >= 15 is 0 Å². The summed E-state index contributed by atoms with van der Waals surface area (Å²) in [5.74, 6) is 0.955. The molecule has 21 heavy (non-hydrogen) atoms. The predicted octanol–water partition coefficient (Wildman–Crippen LogP) is 1.87. The number of hydrogen-bond acceptors (Lipinski definition) is 6. The van der Waals surface area contributed by atoms with Crippen LogP contribution in [-0.4, -0.2) is 34.5 Å². The number of anilines is 2. The van der Waals surface area contributed by atoms with E-state index in [2.05, 4.69) is 25.6 Å². The maximum absolute atomic E-state index is 12.2. The maximum atomic E-state index is 12.2. The lowest BCUT2D eigenvalue weighted by atomic mass is 10.2. The molecule has 0 bridgehead atoms. The number of aromatic nitrogens is 3. The van der Waals surface area contributed by atoms with Gasteiger partial charge in [0.05, 0.1) is 7.11 Å². The van der Waals surface area contributed by atoms with E-state index in [9.17, 15) is 4.79 Å². The van der Waals surface area contributed by atoms with Crippen molar-refractivity contribution in [2.24, 2.45) is 0 Å². The summed E-state index contributed by atoms with van der Waals surface area (Å²) in [4.78, 5) is 24.5. The Morgan fingerprint density at radius 1 is 1.33 bits per heavy atom. The molecule has 0 radical (unpaired) electrons. The van der Waals surface area contributed by atoms with E-state index in [4.69, 9.17) is 4.74 Å². The lowest BCUT2D eigenvalue weighted by molar-refractivity contribution is 0.102. The van der Waals surface area contributed by atoms with Crippen molar-refractivity contribution in [1.82, 2.24) is 15.0 Å². The van der Waals surface area contributed by atoms with Gasteiger partial charge in [0, 0.05) is 30.1 Å². The Hall–Kier alpha value is -2.70. The van der Waals surface area contributed by atoms with Gasteiger partial charge in [-0.25, -0.2) is 9.97 Å². The van der Waals surface area contributed by atoms with Gasteiger partial charge in [-0.3, -0.25) is 10.1 Å². The minimum Gasteiger partial charge on any atom is -0.481 e. The number of pyridine rings is 1. The van der Waals surface area contributed by atoms with E-state index in [1.165, 1.54) is 7.11 Å². The monoisotopic (exact) mass is 287 g/mol. The van der Waals surface area contributed by atoms with Crippen LogP contribution in [0.5, 0.6) is 5.88 Å². The van der Waals surface area contributed by atoms with Crippen molar-refractivity contribution in [3.63, 3.8) is 0 Å². The van der Waals surface area contributed by atoms with Crippen LogP contribution in [0.2, 0.25) is 0 Å². The van der Waals surface area contributed by atoms with Gasteiger partial charge in [0.1, 0.15) is 5.82 Å². The molecule has 0 aliphatic carbocycles. The topological polar surface area (TPSA) is 89.0 Å². The number of methoxy groups -OCH3 is 1. The van der Waals surface area contributed by atoms with E-state index in [0.717, 1.165) is 6.54 Å². The summed E-state index contributed by atoms with van der Waals surface area (Å²) >= 11 is 0. The fourth-order valence-corrected chi connectivity index (χ4v) is 1.72. The highest BCUT2D eigenvalue weighted by Gasteiger charge is 2.10. The molecule has 0 saturated heterocycles. The Bertz CT molecular complexity index is 645. The highest BCUT2D eigenvalue weighted by Crippen LogP contribution is 2.13. The second-order valence-electron chi connectivity index (χ2n) is 4.29. The summed E-state index contributed by atoms with van der Waals surface area (Å²) in [6.45, 7) is 4.49. The third-order valence-corrected chi connectivity index (χ3v) is 2.65. The lowest BCUT2D eigenvalue weighted by Gasteiger charge is -2.07. The fourth-order valence-electron chi connectivity index (χ4n) is 1.72. The second kappa shape index (κ2) is 6.65. The number of hydrogen-bond donors (Lipinski definition) is 2. The minimum atomic E-state index is -0.302.